The van der Waals surface area contributed by atoms with Crippen LogP contribution in [-0.2, 0) is 17.9 Å². The van der Waals surface area contributed by atoms with Crippen LogP contribution in [0.3, 0.4) is 0 Å². The van der Waals surface area contributed by atoms with Gasteiger partial charge in [-0.15, -0.1) is 0 Å². The van der Waals surface area contributed by atoms with E-state index in [9.17, 15) is 19.3 Å². The summed E-state index contributed by atoms with van der Waals surface area (Å²) in [5.41, 5.74) is 3.12. The Bertz CT molecular complexity index is 1120. The number of nitrogens with one attached hydrogen (secondary N) is 1. The van der Waals surface area contributed by atoms with Crippen LogP contribution < -0.4 is 5.32 Å². The maximum absolute atomic E-state index is 13.9. The van der Waals surface area contributed by atoms with Gasteiger partial charge in [0.15, 0.2) is 0 Å². The van der Waals surface area contributed by atoms with Gasteiger partial charge < -0.3 is 5.32 Å². The lowest BCUT2D eigenvalue weighted by Crippen LogP contribution is -2.16. The Morgan fingerprint density at radius 2 is 1.77 bits per heavy atom. The monoisotopic (exact) mass is 414 g/mol. The Morgan fingerprint density at radius 1 is 1.10 bits per heavy atom. The Hall–Kier alpha value is -3.56. The molecule has 30 heavy (non-hydrogen) atoms. The molecule has 2 heterocycles. The molecule has 10 heteroatoms. The number of rotatable bonds is 7. The van der Waals surface area contributed by atoms with Crippen LogP contribution >= 0.6 is 0 Å². The summed E-state index contributed by atoms with van der Waals surface area (Å²) in [6.07, 6.45) is 0.0937. The van der Waals surface area contributed by atoms with E-state index in [-0.39, 0.29) is 36.9 Å². The van der Waals surface area contributed by atoms with Crippen LogP contribution in [-0.4, -0.2) is 30.4 Å². The molecule has 0 aliphatic heterocycles. The topological polar surface area (TPSA) is 108 Å². The van der Waals surface area contributed by atoms with Crippen LogP contribution in [0.1, 0.15) is 34.8 Å². The summed E-state index contributed by atoms with van der Waals surface area (Å²) in [6, 6.07) is 6.48. The quantitative estimate of drug-likeness (QED) is 0.471. The van der Waals surface area contributed by atoms with Crippen LogP contribution in [0.5, 0.6) is 0 Å². The fourth-order valence-corrected chi connectivity index (χ4v) is 3.40. The Morgan fingerprint density at radius 3 is 2.40 bits per heavy atom. The predicted octanol–water partition coefficient (Wildman–Crippen LogP) is 3.44. The number of nitrogens with zero attached hydrogens (tertiary/aromatic N) is 5. The van der Waals surface area contributed by atoms with Crippen LogP contribution in [0.4, 0.5) is 15.8 Å². The molecule has 0 radical (unpaired) electrons. The van der Waals surface area contributed by atoms with E-state index in [0.29, 0.717) is 34.0 Å². The summed E-state index contributed by atoms with van der Waals surface area (Å²) in [5, 5.41) is 22.5. The second-order valence-corrected chi connectivity index (χ2v) is 7.09. The minimum atomic E-state index is -0.467. The third-order valence-electron chi connectivity index (χ3n) is 5.00. The van der Waals surface area contributed by atoms with E-state index in [4.69, 9.17) is 0 Å². The highest BCUT2D eigenvalue weighted by Crippen LogP contribution is 2.23. The van der Waals surface area contributed by atoms with Crippen molar-refractivity contribution in [1.29, 1.82) is 0 Å². The second kappa shape index (κ2) is 8.44. The first-order valence-electron chi connectivity index (χ1n) is 9.44. The molecule has 1 amide bonds. The molecule has 158 valence electrons. The highest BCUT2D eigenvalue weighted by Gasteiger charge is 2.22. The standard InChI is InChI=1S/C20H23FN6O3/c1-12-19(14(3)26(23-12)11-16-7-5-6-8-17(16)21)22-18(28)9-10-25-15(4)20(27(29)30)13(2)24-25/h5-8H,9-11H2,1-4H3,(H,22,28). The SMILES string of the molecule is Cc1nn(Cc2ccccc2F)c(C)c1NC(=O)CCn1nc(C)c([N+](=O)[O-])c1C. The number of halogens is 1. The van der Waals surface area contributed by atoms with E-state index in [0.717, 1.165) is 0 Å². The van der Waals surface area contributed by atoms with Crippen molar-refractivity contribution in [2.45, 2.75) is 47.2 Å². The largest absolute Gasteiger partial charge is 0.323 e. The minimum Gasteiger partial charge on any atom is -0.323 e. The van der Waals surface area contributed by atoms with Crippen LogP contribution in [0, 0.1) is 43.6 Å². The van der Waals surface area contributed by atoms with Crippen molar-refractivity contribution >= 4 is 17.3 Å². The van der Waals surface area contributed by atoms with Crippen molar-refractivity contribution in [2.24, 2.45) is 0 Å². The van der Waals surface area contributed by atoms with E-state index in [1.54, 1.807) is 50.6 Å². The molecule has 0 atom stereocenters. The highest BCUT2D eigenvalue weighted by atomic mass is 19.1. The Balaban J connectivity index is 1.69. The van der Waals surface area contributed by atoms with Gasteiger partial charge in [-0.3, -0.25) is 24.3 Å². The second-order valence-electron chi connectivity index (χ2n) is 7.09. The van der Waals surface area contributed by atoms with Gasteiger partial charge in [0.1, 0.15) is 17.2 Å². The molecule has 0 saturated carbocycles. The van der Waals surface area contributed by atoms with E-state index in [2.05, 4.69) is 15.5 Å². The lowest BCUT2D eigenvalue weighted by atomic mass is 10.2. The molecule has 0 spiro atoms. The normalized spacial score (nSPS) is 11.0. The summed E-state index contributed by atoms with van der Waals surface area (Å²) in [5.74, 6) is -0.573. The average Bonchev–Trinajstić information content (AvgIpc) is 3.11. The summed E-state index contributed by atoms with van der Waals surface area (Å²) < 4.78 is 17.1. The number of anilines is 1. The molecule has 0 unspecified atom stereocenters. The predicted molar refractivity (Wildman–Crippen MR) is 109 cm³/mol. The van der Waals surface area contributed by atoms with Crippen LogP contribution in [0.2, 0.25) is 0 Å². The number of benzene rings is 1. The third kappa shape index (κ3) is 4.22. The molecule has 0 saturated heterocycles. The first-order chi connectivity index (χ1) is 14.2. The summed E-state index contributed by atoms with van der Waals surface area (Å²) in [4.78, 5) is 23.1. The maximum atomic E-state index is 13.9. The molecule has 2 aromatic heterocycles. The minimum absolute atomic E-state index is 0.0310. The number of amides is 1. The molecule has 3 aromatic rings. The summed E-state index contributed by atoms with van der Waals surface area (Å²) in [7, 11) is 0. The molecule has 3 rings (SSSR count). The lowest BCUT2D eigenvalue weighted by Gasteiger charge is -2.08. The maximum Gasteiger partial charge on any atom is 0.312 e. The van der Waals surface area contributed by atoms with Gasteiger partial charge in [0, 0.05) is 12.0 Å². The van der Waals surface area contributed by atoms with Crippen molar-refractivity contribution < 1.29 is 14.1 Å². The van der Waals surface area contributed by atoms with Crippen LogP contribution in [0.15, 0.2) is 24.3 Å². The van der Waals surface area contributed by atoms with E-state index >= 15 is 0 Å². The molecular formula is C20H23FN6O3. The average molecular weight is 414 g/mol. The van der Waals surface area contributed by atoms with Crippen molar-refractivity contribution in [2.75, 3.05) is 5.32 Å². The number of nitro groups is 1. The number of hydrogen-bond acceptors (Lipinski definition) is 5. The van der Waals surface area contributed by atoms with Gasteiger partial charge in [-0.25, -0.2) is 4.39 Å². The van der Waals surface area contributed by atoms with E-state index in [1.165, 1.54) is 10.7 Å². The lowest BCUT2D eigenvalue weighted by molar-refractivity contribution is -0.386. The molecule has 0 fully saturated rings. The fourth-order valence-electron chi connectivity index (χ4n) is 3.40. The van der Waals surface area contributed by atoms with Gasteiger partial charge >= 0.3 is 5.69 Å². The number of hydrogen-bond donors (Lipinski definition) is 1. The van der Waals surface area contributed by atoms with Crippen molar-refractivity contribution in [1.82, 2.24) is 19.6 Å². The smallest absolute Gasteiger partial charge is 0.312 e. The van der Waals surface area contributed by atoms with E-state index < -0.39 is 4.92 Å². The first-order valence-corrected chi connectivity index (χ1v) is 9.44. The number of aryl methyl sites for hydroxylation is 3. The number of carbonyl (C=O) groups is 1. The number of carbonyl (C=O) groups excluding carboxylic acids is 1. The molecule has 0 bridgehead atoms. The van der Waals surface area contributed by atoms with Gasteiger partial charge in [0.05, 0.1) is 35.1 Å². The Kier molecular flexibility index (Phi) is 5.95. The third-order valence-corrected chi connectivity index (χ3v) is 5.00. The fraction of sp³-hybridized carbons (Fsp3) is 0.350. The van der Waals surface area contributed by atoms with Crippen LogP contribution in [0.25, 0.3) is 0 Å². The molecule has 1 aromatic carbocycles. The van der Waals surface area contributed by atoms with Gasteiger partial charge in [0.2, 0.25) is 5.91 Å². The van der Waals surface area contributed by atoms with Crippen molar-refractivity contribution in [3.63, 3.8) is 0 Å². The van der Waals surface area contributed by atoms with Gasteiger partial charge in [-0.1, -0.05) is 18.2 Å². The summed E-state index contributed by atoms with van der Waals surface area (Å²) >= 11 is 0. The van der Waals surface area contributed by atoms with Gasteiger partial charge in [-0.2, -0.15) is 10.2 Å². The zero-order valence-electron chi connectivity index (χ0n) is 17.3. The Labute approximate surface area is 172 Å². The van der Waals surface area contributed by atoms with Crippen molar-refractivity contribution in [3.05, 3.63) is 68.5 Å². The van der Waals surface area contributed by atoms with Crippen molar-refractivity contribution in [3.8, 4) is 0 Å². The van der Waals surface area contributed by atoms with E-state index in [1.807, 2.05) is 0 Å². The summed E-state index contributed by atoms with van der Waals surface area (Å²) in [6.45, 7) is 7.22. The number of aromatic nitrogens is 4. The molecular weight excluding hydrogens is 391 g/mol. The molecule has 0 aliphatic rings. The zero-order chi connectivity index (χ0) is 22.0. The van der Waals surface area contributed by atoms with Gasteiger partial charge in [-0.05, 0) is 33.8 Å². The molecule has 0 aliphatic carbocycles. The zero-order valence-corrected chi connectivity index (χ0v) is 17.3. The molecule has 1 N–H and O–H groups in total. The highest BCUT2D eigenvalue weighted by molar-refractivity contribution is 5.91. The first kappa shape index (κ1) is 21.2. The molecule has 9 nitrogen and oxygen atoms in total. The van der Waals surface area contributed by atoms with Gasteiger partial charge in [0.25, 0.3) is 0 Å².